The summed E-state index contributed by atoms with van der Waals surface area (Å²) in [7, 11) is -4.33. The van der Waals surface area contributed by atoms with Crippen LogP contribution in [0.5, 0.6) is 0 Å². The van der Waals surface area contributed by atoms with E-state index in [-0.39, 0.29) is 0 Å². The number of hydrogen-bond acceptors (Lipinski definition) is 4. The third kappa shape index (κ3) is 4.03. The van der Waals surface area contributed by atoms with Crippen molar-refractivity contribution in [3.63, 3.8) is 0 Å². The molecule has 5 nitrogen and oxygen atoms in total. The molecule has 0 saturated carbocycles. The maximum atomic E-state index is 11.5. The van der Waals surface area contributed by atoms with Gasteiger partial charge in [-0.25, -0.2) is 16.8 Å². The third-order valence-corrected chi connectivity index (χ3v) is 5.45. The van der Waals surface area contributed by atoms with E-state index in [0.29, 0.717) is 12.8 Å². The Kier molecular flexibility index (Phi) is 5.41. The lowest BCUT2D eigenvalue weighted by molar-refractivity contribution is 0.216. The van der Waals surface area contributed by atoms with Gasteiger partial charge in [-0.05, 0) is 26.7 Å². The van der Waals surface area contributed by atoms with Crippen LogP contribution in [-0.2, 0) is 20.7 Å². The Hall–Kier alpha value is -0.140. The fourth-order valence-corrected chi connectivity index (χ4v) is 3.15. The molecule has 7 heteroatoms. The third-order valence-electron chi connectivity index (χ3n) is 3.11. The monoisotopic (exact) mass is 271 g/mol. The van der Waals surface area contributed by atoms with Gasteiger partial charge in [-0.2, -0.15) is 4.31 Å². The summed E-state index contributed by atoms with van der Waals surface area (Å²) in [5, 5.41) is -0.524. The minimum atomic E-state index is -3.31. The van der Waals surface area contributed by atoms with Gasteiger partial charge in [0.15, 0.2) is 0 Å². The highest BCUT2D eigenvalue weighted by Crippen LogP contribution is 2.26. The van der Waals surface area contributed by atoms with Crippen molar-refractivity contribution >= 4 is 20.7 Å². The van der Waals surface area contributed by atoms with Crippen LogP contribution in [0.25, 0.3) is 0 Å². The Bertz CT molecular complexity index is 394. The molecule has 0 saturated heterocycles. The van der Waals surface area contributed by atoms with Gasteiger partial charge in [0.2, 0.25) is 10.0 Å². The summed E-state index contributed by atoms with van der Waals surface area (Å²) in [6.45, 7) is 5.21. The van der Waals surface area contributed by atoms with Crippen molar-refractivity contribution in [2.45, 2.75) is 44.4 Å². The quantitative estimate of drug-likeness (QED) is 0.711. The number of nitrogens with zero attached hydrogens (tertiary/aromatic N) is 1. The van der Waals surface area contributed by atoms with Crippen LogP contribution >= 0.6 is 0 Å². The average Bonchev–Trinajstić information content (AvgIpc) is 2.14. The SMILES string of the molecule is CCC(C)(C[C@H](C)[SH](=O)=O)N(C)S(C)(=O)=O. The Morgan fingerprint density at radius 2 is 1.81 bits per heavy atom. The molecule has 0 bridgehead atoms. The van der Waals surface area contributed by atoms with Crippen LogP contribution in [0.1, 0.15) is 33.6 Å². The van der Waals surface area contributed by atoms with Crippen LogP contribution in [0.15, 0.2) is 0 Å². The molecule has 0 aromatic heterocycles. The van der Waals surface area contributed by atoms with Crippen molar-refractivity contribution in [2.24, 2.45) is 0 Å². The molecule has 0 radical (unpaired) electrons. The lowest BCUT2D eigenvalue weighted by Crippen LogP contribution is -2.48. The number of thiol groups is 1. The number of hydrogen-bond donors (Lipinski definition) is 1. The molecule has 16 heavy (non-hydrogen) atoms. The zero-order valence-corrected chi connectivity index (χ0v) is 12.1. The predicted molar refractivity (Wildman–Crippen MR) is 65.7 cm³/mol. The van der Waals surface area contributed by atoms with E-state index in [9.17, 15) is 16.8 Å². The largest absolute Gasteiger partial charge is 0.232 e. The van der Waals surface area contributed by atoms with Gasteiger partial charge in [0.25, 0.3) is 0 Å². The van der Waals surface area contributed by atoms with Gasteiger partial charge in [0.05, 0.1) is 11.5 Å². The van der Waals surface area contributed by atoms with Crippen molar-refractivity contribution in [2.75, 3.05) is 13.3 Å². The van der Waals surface area contributed by atoms with Crippen molar-refractivity contribution in [1.29, 1.82) is 0 Å². The Morgan fingerprint density at radius 3 is 2.06 bits per heavy atom. The standard InChI is InChI=1S/C9H21NO4S2/c1-6-9(3,7-8(2)15(11)12)10(4)16(5,13)14/h8,15H,6-7H2,1-5H3/t8-,9?/m0/s1. The van der Waals surface area contributed by atoms with Gasteiger partial charge in [0, 0.05) is 12.6 Å². The molecule has 0 aliphatic rings. The van der Waals surface area contributed by atoms with Gasteiger partial charge >= 0.3 is 0 Å². The summed E-state index contributed by atoms with van der Waals surface area (Å²) < 4.78 is 45.9. The van der Waals surface area contributed by atoms with Gasteiger partial charge in [-0.15, -0.1) is 0 Å². The zero-order valence-electron chi connectivity index (χ0n) is 10.4. The molecule has 0 aromatic rings. The van der Waals surface area contributed by atoms with Gasteiger partial charge in [0.1, 0.15) is 10.7 Å². The Morgan fingerprint density at radius 1 is 1.38 bits per heavy atom. The molecule has 0 amide bonds. The smallest absolute Gasteiger partial charge is 0.211 e. The van der Waals surface area contributed by atoms with Crippen LogP contribution in [-0.4, -0.2) is 45.2 Å². The first-order valence-electron chi connectivity index (χ1n) is 5.12. The molecule has 2 atom stereocenters. The summed E-state index contributed by atoms with van der Waals surface area (Å²) >= 11 is 0. The van der Waals surface area contributed by atoms with Gasteiger partial charge in [-0.1, -0.05) is 6.92 Å². The second-order valence-corrected chi connectivity index (χ2v) is 7.89. The zero-order chi connectivity index (χ0) is 13.1. The van der Waals surface area contributed by atoms with E-state index in [4.69, 9.17) is 0 Å². The first kappa shape index (κ1) is 15.9. The predicted octanol–water partition coefficient (Wildman–Crippen LogP) is 0.437. The van der Waals surface area contributed by atoms with Crippen molar-refractivity contribution in [3.8, 4) is 0 Å². The molecular formula is C9H21NO4S2. The summed E-state index contributed by atoms with van der Waals surface area (Å²) in [5.41, 5.74) is -0.650. The fourth-order valence-electron chi connectivity index (χ4n) is 1.61. The van der Waals surface area contributed by atoms with Crippen molar-refractivity contribution in [3.05, 3.63) is 0 Å². The van der Waals surface area contributed by atoms with Crippen LogP contribution < -0.4 is 0 Å². The Balaban J connectivity index is 5.07. The highest BCUT2D eigenvalue weighted by Gasteiger charge is 2.35. The van der Waals surface area contributed by atoms with Crippen LogP contribution in [0, 0.1) is 0 Å². The fraction of sp³-hybridized carbons (Fsp3) is 1.00. The first-order chi connectivity index (χ1) is 7.04. The highest BCUT2D eigenvalue weighted by atomic mass is 32.2. The summed E-state index contributed by atoms with van der Waals surface area (Å²) in [6.07, 6.45) is 2.01. The summed E-state index contributed by atoms with van der Waals surface area (Å²) in [5.74, 6) is 0. The topological polar surface area (TPSA) is 71.5 Å². The minimum absolute atomic E-state index is 0.311. The van der Waals surface area contributed by atoms with E-state index in [2.05, 4.69) is 0 Å². The van der Waals surface area contributed by atoms with Crippen LogP contribution in [0.3, 0.4) is 0 Å². The van der Waals surface area contributed by atoms with E-state index >= 15 is 0 Å². The van der Waals surface area contributed by atoms with Crippen LogP contribution in [0.4, 0.5) is 0 Å². The molecule has 0 fully saturated rings. The van der Waals surface area contributed by atoms with E-state index in [1.165, 1.54) is 11.4 Å². The molecule has 0 N–H and O–H groups in total. The van der Waals surface area contributed by atoms with Crippen molar-refractivity contribution in [1.82, 2.24) is 4.31 Å². The molecule has 0 rings (SSSR count). The van der Waals surface area contributed by atoms with Crippen molar-refractivity contribution < 1.29 is 16.8 Å². The van der Waals surface area contributed by atoms with E-state index < -0.39 is 31.5 Å². The molecular weight excluding hydrogens is 250 g/mol. The second kappa shape index (κ2) is 5.46. The molecule has 1 unspecified atom stereocenters. The molecule has 0 aliphatic heterocycles. The number of sulfonamides is 1. The van der Waals surface area contributed by atoms with E-state index in [0.717, 1.165) is 6.26 Å². The van der Waals surface area contributed by atoms with E-state index in [1.807, 2.05) is 6.92 Å². The maximum absolute atomic E-state index is 11.5. The van der Waals surface area contributed by atoms with Crippen LogP contribution in [0.2, 0.25) is 0 Å². The molecule has 0 aliphatic carbocycles. The molecule has 0 heterocycles. The molecule has 0 aromatic carbocycles. The average molecular weight is 271 g/mol. The second-order valence-electron chi connectivity index (χ2n) is 4.42. The highest BCUT2D eigenvalue weighted by molar-refractivity contribution is 7.88. The minimum Gasteiger partial charge on any atom is -0.232 e. The maximum Gasteiger partial charge on any atom is 0.211 e. The molecule has 98 valence electrons. The summed E-state index contributed by atoms with van der Waals surface area (Å²) in [4.78, 5) is 0. The number of rotatable bonds is 6. The first-order valence-corrected chi connectivity index (χ1v) is 8.21. The normalized spacial score (nSPS) is 18.7. The lowest BCUT2D eigenvalue weighted by Gasteiger charge is -2.37. The summed E-state index contributed by atoms with van der Waals surface area (Å²) in [6, 6.07) is 0. The van der Waals surface area contributed by atoms with Gasteiger partial charge < -0.3 is 0 Å². The van der Waals surface area contributed by atoms with E-state index in [1.54, 1.807) is 13.8 Å². The lowest BCUT2D eigenvalue weighted by atomic mass is 9.93. The van der Waals surface area contributed by atoms with Gasteiger partial charge in [-0.3, -0.25) is 0 Å². The Labute approximate surface area is 99.8 Å². The molecule has 0 spiro atoms.